The number of carbonyl (C=O) groups is 3. The summed E-state index contributed by atoms with van der Waals surface area (Å²) in [5.74, 6) is -2.41. The van der Waals surface area contributed by atoms with Gasteiger partial charge in [0, 0.05) is 104 Å². The Morgan fingerprint density at radius 2 is 0.874 bits per heavy atom. The van der Waals surface area contributed by atoms with Crippen LogP contribution in [0.25, 0.3) is 0 Å². The summed E-state index contributed by atoms with van der Waals surface area (Å²) in [7, 11) is -10.2. The Bertz CT molecular complexity index is 3970. The molecule has 37 heteroatoms. The van der Waals surface area contributed by atoms with Gasteiger partial charge in [-0.3, -0.25) is 48.5 Å². The Morgan fingerprint density at radius 1 is 0.544 bits per heavy atom. The molecule has 3 amide bonds. The van der Waals surface area contributed by atoms with Crippen LogP contribution in [0.4, 0.5) is 13.2 Å². The van der Waals surface area contributed by atoms with Gasteiger partial charge >= 0.3 is 15.6 Å². The number of aromatic amines is 3. The zero-order valence-corrected chi connectivity index (χ0v) is 61.9. The third kappa shape index (κ3) is 28.4. The number of rotatable bonds is 34. The predicted octanol–water partition coefficient (Wildman–Crippen LogP) is 14.7. The first-order valence-electron chi connectivity index (χ1n) is 32.8. The van der Waals surface area contributed by atoms with Crippen LogP contribution >= 0.6 is 59.0 Å². The molecule has 9 rings (SSSR count). The van der Waals surface area contributed by atoms with Crippen LogP contribution in [-0.4, -0.2) is 141 Å². The van der Waals surface area contributed by atoms with Gasteiger partial charge in [0.1, 0.15) is 50.2 Å². The molecule has 103 heavy (non-hydrogen) atoms. The van der Waals surface area contributed by atoms with Gasteiger partial charge in [0.25, 0.3) is 26.2 Å². The molecule has 6 N–H and O–H groups in total. The number of phenolic OH excluding ortho intramolecular Hbond substituents is 1. The van der Waals surface area contributed by atoms with Crippen LogP contribution in [0, 0.1) is 80.5 Å². The summed E-state index contributed by atoms with van der Waals surface area (Å²) in [5, 5.41) is 63.6. The number of aromatic nitrogens is 6. The molecule has 3 saturated carbocycles. The Hall–Kier alpha value is -7.67. The number of nitriles is 4. The number of phosphoric acid groups is 2. The zero-order valence-electron chi connectivity index (χ0n) is 56.9. The van der Waals surface area contributed by atoms with Crippen molar-refractivity contribution in [3.8, 4) is 41.5 Å². The molecule has 0 atom stereocenters. The van der Waals surface area contributed by atoms with Gasteiger partial charge in [-0.25, -0.2) is 27.0 Å². The smallest absolute Gasteiger partial charge is 0.508 e. The maximum atomic E-state index is 15.0. The van der Waals surface area contributed by atoms with E-state index in [9.17, 15) is 41.8 Å². The minimum atomic E-state index is -4.77. The largest absolute Gasteiger partial charge is 0.530 e. The van der Waals surface area contributed by atoms with Crippen LogP contribution < -0.4 is 9.05 Å². The molecule has 28 nitrogen and oxygen atoms in total. The van der Waals surface area contributed by atoms with Gasteiger partial charge in [-0.2, -0.15) is 36.3 Å². The summed E-state index contributed by atoms with van der Waals surface area (Å²) >= 11 is 17.4. The maximum absolute atomic E-state index is 15.0. The molecule has 0 spiro atoms. The van der Waals surface area contributed by atoms with E-state index in [0.717, 1.165) is 76.0 Å². The Labute approximate surface area is 611 Å². The second kappa shape index (κ2) is 42.3. The number of halogens is 6. The van der Waals surface area contributed by atoms with E-state index in [1.54, 1.807) is 4.90 Å². The van der Waals surface area contributed by atoms with Crippen molar-refractivity contribution in [3.05, 3.63) is 139 Å². The van der Waals surface area contributed by atoms with E-state index in [0.29, 0.717) is 81.1 Å². The molecule has 0 bridgehead atoms. The fourth-order valence-corrected chi connectivity index (χ4v) is 13.9. The summed E-state index contributed by atoms with van der Waals surface area (Å²) in [5.41, 5.74) is 1.27. The molecule has 0 radical (unpaired) electrons. The van der Waals surface area contributed by atoms with E-state index in [-0.39, 0.29) is 124 Å². The second-order valence-corrected chi connectivity index (χ2v) is 29.9. The van der Waals surface area contributed by atoms with Crippen molar-refractivity contribution in [3.63, 3.8) is 0 Å². The Kier molecular flexibility index (Phi) is 34.6. The molecule has 3 aromatic heterocycles. The highest BCUT2D eigenvalue weighted by molar-refractivity contribution is 7.49. The lowest BCUT2D eigenvalue weighted by Gasteiger charge is -2.35. The van der Waals surface area contributed by atoms with E-state index in [1.165, 1.54) is 64.4 Å². The SMILES string of the molecule is CC(C)N(C(C)C)P(OCCC#N)OCCC#N.N#CCCOP(=O)(OCCC#N)Oc1ccc(CN(CC2CCC2)C(=O)c2cc(Cl)[nH]n2)c(F)c1.O=C(c1cc(Cl)[nH]n1)N(Cc1ccc(O)cc1F)CC1CCC1.O=C(c1cc(Cl)[nH]n1)N(Cc1ccc(OP(=O)(O)O)cc1F)CC1CCC1. The van der Waals surface area contributed by atoms with Crippen molar-refractivity contribution >= 4 is 76.7 Å². The molecule has 3 fully saturated rings. The summed E-state index contributed by atoms with van der Waals surface area (Å²) in [4.78, 5) is 60.6. The molecule has 3 aliphatic carbocycles. The van der Waals surface area contributed by atoms with Crippen LogP contribution in [0.5, 0.6) is 17.2 Å². The average Bonchev–Trinajstić information content (AvgIpc) is 1.81. The minimum Gasteiger partial charge on any atom is -0.508 e. The fraction of sp³-hybridized carbons (Fsp3) is 0.485. The number of H-pyrrole nitrogens is 3. The molecule has 556 valence electrons. The number of hydrogen-bond donors (Lipinski definition) is 6. The van der Waals surface area contributed by atoms with Gasteiger partial charge in [-0.1, -0.05) is 72.3 Å². The van der Waals surface area contributed by atoms with Crippen LogP contribution in [0.1, 0.15) is 159 Å². The molecule has 0 unspecified atom stereocenters. The number of amides is 3. The molecule has 3 aromatic carbocycles. The Morgan fingerprint density at radius 3 is 1.16 bits per heavy atom. The number of phosphoric ester groups is 2. The molecular weight excluding hydrogens is 1470 g/mol. The molecule has 0 aliphatic heterocycles. The van der Waals surface area contributed by atoms with Crippen LogP contribution in [0.15, 0.2) is 72.8 Å². The minimum absolute atomic E-state index is 0.0121. The van der Waals surface area contributed by atoms with E-state index < -0.39 is 41.6 Å². The first kappa shape index (κ1) is 84.3. The highest BCUT2D eigenvalue weighted by Crippen LogP contribution is 2.50. The van der Waals surface area contributed by atoms with Gasteiger partial charge in [0.2, 0.25) is 0 Å². The molecular formula is C66H81Cl3F3N14O14P3. The van der Waals surface area contributed by atoms with Crippen molar-refractivity contribution in [2.75, 3.05) is 46.1 Å². The summed E-state index contributed by atoms with van der Waals surface area (Å²) < 4.78 is 100. The first-order valence-corrected chi connectivity index (χ1v) is 38.1. The van der Waals surface area contributed by atoms with E-state index >= 15 is 0 Å². The van der Waals surface area contributed by atoms with Gasteiger partial charge in [-0.15, -0.1) is 0 Å². The summed E-state index contributed by atoms with van der Waals surface area (Å²) in [6.45, 7) is 10.2. The number of nitrogens with one attached hydrogen (secondary N) is 3. The number of hydrogen-bond acceptors (Lipinski definition) is 20. The number of aromatic hydroxyl groups is 1. The number of benzene rings is 3. The Balaban J connectivity index is 0.000000222. The number of nitrogens with zero attached hydrogens (tertiary/aromatic N) is 11. The van der Waals surface area contributed by atoms with Crippen LogP contribution in [0.3, 0.4) is 0 Å². The molecule has 3 aliphatic rings. The van der Waals surface area contributed by atoms with Crippen molar-refractivity contribution in [2.24, 2.45) is 17.8 Å². The predicted molar refractivity (Wildman–Crippen MR) is 373 cm³/mol. The van der Waals surface area contributed by atoms with Crippen LogP contribution in [-0.2, 0) is 46.9 Å². The van der Waals surface area contributed by atoms with Crippen molar-refractivity contribution in [1.82, 2.24) is 50.0 Å². The second-order valence-electron chi connectivity index (χ2n) is 24.4. The molecule has 3 heterocycles. The molecule has 0 saturated heterocycles. The van der Waals surface area contributed by atoms with Gasteiger partial charge in [-0.05, 0) is 102 Å². The van der Waals surface area contributed by atoms with Gasteiger partial charge in [0.05, 0.1) is 76.4 Å². The van der Waals surface area contributed by atoms with Crippen molar-refractivity contribution < 1.29 is 78.7 Å². The van der Waals surface area contributed by atoms with Gasteiger partial charge < -0.3 is 37.9 Å². The van der Waals surface area contributed by atoms with Crippen LogP contribution in [0.2, 0.25) is 15.5 Å². The highest BCUT2D eigenvalue weighted by atomic mass is 35.5. The summed E-state index contributed by atoms with van der Waals surface area (Å²) in [6, 6.07) is 23.9. The lowest BCUT2D eigenvalue weighted by molar-refractivity contribution is 0.0665. The zero-order chi connectivity index (χ0) is 75.2. The highest BCUT2D eigenvalue weighted by Gasteiger charge is 2.33. The first-order chi connectivity index (χ1) is 49.1. The summed E-state index contributed by atoms with van der Waals surface area (Å²) in [6.07, 6.45) is 10.1. The van der Waals surface area contributed by atoms with E-state index in [4.69, 9.17) is 88.3 Å². The van der Waals surface area contributed by atoms with Gasteiger partial charge in [0.15, 0.2) is 17.1 Å². The lowest BCUT2D eigenvalue weighted by atomic mass is 9.85. The third-order valence-electron chi connectivity index (χ3n) is 15.9. The normalized spacial score (nSPS) is 13.6. The molecule has 6 aromatic rings. The standard InChI is InChI=1S/C22H24ClFN5O5P.C16H18ClFN3O5P.C16H17ClFN3O2.C12H22N3O2P/c23-21-13-20(27-28-21)22(30)29(14-16-4-1-5-16)15-17-6-7-18(12-19(17)24)34-35(31,32-10-2-8-25)33-11-3-9-26;17-15-7-14(19-20-15)16(22)21(8-10-2-1-3-10)9-11-4-5-12(6-13(11)18)26-27(23,24)25;17-15-7-14(19-20-15)16(23)21(8-10-2-1-3-10)9-11-4-5-12(22)6-13(11)18;1-11(2)15(12(3)4)18(16-9-5-7-13)17-10-6-8-14/h6-7,12-13,16H,1-5,10-11,14-15H2,(H,27,28);4-7,10H,1-3,8-9H2,(H,19,20)(H2,23,24,25);4-7,10,22H,1-3,8-9H2,(H,19,20);11-12H,5-6,9-10H2,1-4H3. The monoisotopic (exact) mass is 1550 g/mol. The number of carbonyl (C=O) groups excluding carboxylic acids is 3. The third-order valence-corrected chi connectivity index (χ3v) is 20.5. The van der Waals surface area contributed by atoms with E-state index in [1.807, 2.05) is 24.3 Å². The topological polar surface area (TPSA) is 396 Å². The quantitative estimate of drug-likeness (QED) is 0.0161. The van der Waals surface area contributed by atoms with Crippen molar-refractivity contribution in [1.29, 1.82) is 21.0 Å². The van der Waals surface area contributed by atoms with Crippen molar-refractivity contribution in [2.45, 2.75) is 143 Å². The maximum Gasteiger partial charge on any atom is 0.530 e. The average molecular weight is 1550 g/mol. The number of phenols is 1. The van der Waals surface area contributed by atoms with E-state index in [2.05, 4.69) is 67.5 Å². The fourth-order valence-electron chi connectivity index (χ4n) is 10.3. The lowest BCUT2D eigenvalue weighted by Crippen LogP contribution is -2.37.